The molecule has 0 fully saturated rings. The van der Waals surface area contributed by atoms with Gasteiger partial charge in [0.15, 0.2) is 5.69 Å². The number of hydrogen-bond acceptors (Lipinski definition) is 4. The molecule has 4 N–H and O–H groups in total. The number of anilines is 1. The molecule has 1 aromatic heterocycles. The summed E-state index contributed by atoms with van der Waals surface area (Å²) in [4.78, 5) is 11.5. The summed E-state index contributed by atoms with van der Waals surface area (Å²) in [7, 11) is 0. The molecule has 6 heteroatoms. The van der Waals surface area contributed by atoms with E-state index < -0.39 is 0 Å². The summed E-state index contributed by atoms with van der Waals surface area (Å²) >= 11 is 0. The summed E-state index contributed by atoms with van der Waals surface area (Å²) < 4.78 is 0. The second-order valence-corrected chi connectivity index (χ2v) is 3.28. The van der Waals surface area contributed by atoms with Gasteiger partial charge >= 0.3 is 0 Å². The second-order valence-electron chi connectivity index (χ2n) is 3.28. The summed E-state index contributed by atoms with van der Waals surface area (Å²) in [5, 5.41) is 12.3. The first-order chi connectivity index (χ1) is 7.75. The molecule has 0 saturated carbocycles. The zero-order valence-corrected chi connectivity index (χ0v) is 8.47. The number of aromatic nitrogens is 3. The van der Waals surface area contributed by atoms with Crippen LogP contribution < -0.4 is 11.1 Å². The van der Waals surface area contributed by atoms with Crippen molar-refractivity contribution in [1.29, 1.82) is 0 Å². The predicted octanol–water partition coefficient (Wildman–Crippen LogP) is 0.317. The number of nitrogens with two attached hydrogens (primary N) is 1. The van der Waals surface area contributed by atoms with Crippen LogP contribution in [0.2, 0.25) is 0 Å². The third-order valence-electron chi connectivity index (χ3n) is 2.05. The van der Waals surface area contributed by atoms with Crippen molar-refractivity contribution in [3.05, 3.63) is 41.7 Å². The molecule has 0 unspecified atom stereocenters. The molecule has 0 radical (unpaired) electrons. The van der Waals surface area contributed by atoms with Gasteiger partial charge in [0.2, 0.25) is 0 Å². The van der Waals surface area contributed by atoms with Crippen LogP contribution >= 0.6 is 0 Å². The monoisotopic (exact) mass is 217 g/mol. The molecule has 16 heavy (non-hydrogen) atoms. The molecule has 1 amide bonds. The van der Waals surface area contributed by atoms with Gasteiger partial charge in [-0.25, -0.2) is 0 Å². The molecular formula is C10H11N5O. The van der Waals surface area contributed by atoms with E-state index >= 15 is 0 Å². The Morgan fingerprint density at radius 3 is 3.06 bits per heavy atom. The number of amides is 1. The molecule has 0 spiro atoms. The lowest BCUT2D eigenvalue weighted by atomic mass is 10.2. The Bertz CT molecular complexity index is 480. The predicted molar refractivity (Wildman–Crippen MR) is 58.4 cm³/mol. The van der Waals surface area contributed by atoms with Crippen molar-refractivity contribution in [2.45, 2.75) is 6.54 Å². The molecule has 0 aliphatic carbocycles. The standard InChI is InChI=1S/C10H11N5O/c11-8-3-1-2-7(4-8)5-12-10(16)9-6-13-15-14-9/h1-4,6H,5,11H2,(H,12,16)(H,13,14,15). The van der Waals surface area contributed by atoms with Crippen LogP contribution in [0.4, 0.5) is 5.69 Å². The summed E-state index contributed by atoms with van der Waals surface area (Å²) in [6.07, 6.45) is 1.37. The minimum atomic E-state index is -0.267. The number of nitrogens with one attached hydrogen (secondary N) is 2. The van der Waals surface area contributed by atoms with Gasteiger partial charge in [-0.1, -0.05) is 12.1 Å². The third-order valence-corrected chi connectivity index (χ3v) is 2.05. The maximum atomic E-state index is 11.5. The number of hydrogen-bond donors (Lipinski definition) is 3. The Hall–Kier alpha value is -2.37. The number of benzene rings is 1. The van der Waals surface area contributed by atoms with Gasteiger partial charge in [-0.05, 0) is 17.7 Å². The summed E-state index contributed by atoms with van der Waals surface area (Å²) in [6.45, 7) is 0.413. The molecule has 0 saturated heterocycles. The van der Waals surface area contributed by atoms with Crippen LogP contribution in [0, 0.1) is 0 Å². The zero-order chi connectivity index (χ0) is 11.4. The van der Waals surface area contributed by atoms with Crippen molar-refractivity contribution in [2.24, 2.45) is 0 Å². The van der Waals surface area contributed by atoms with Crippen LogP contribution in [0.3, 0.4) is 0 Å². The topological polar surface area (TPSA) is 96.7 Å². The van der Waals surface area contributed by atoms with Gasteiger partial charge in [-0.3, -0.25) is 4.79 Å². The number of carbonyl (C=O) groups is 1. The van der Waals surface area contributed by atoms with Crippen LogP contribution in [0.1, 0.15) is 16.1 Å². The molecule has 0 atom stereocenters. The number of nitrogen functional groups attached to an aromatic ring is 1. The SMILES string of the molecule is Nc1cccc(CNC(=O)c2cn[nH]n2)c1. The first-order valence-electron chi connectivity index (χ1n) is 4.74. The highest BCUT2D eigenvalue weighted by Crippen LogP contribution is 2.06. The number of nitrogens with zero attached hydrogens (tertiary/aromatic N) is 2. The number of carbonyl (C=O) groups excluding carboxylic acids is 1. The maximum Gasteiger partial charge on any atom is 0.273 e. The van der Waals surface area contributed by atoms with Crippen molar-refractivity contribution in [3.8, 4) is 0 Å². The van der Waals surface area contributed by atoms with Crippen molar-refractivity contribution in [1.82, 2.24) is 20.7 Å². The van der Waals surface area contributed by atoms with Gasteiger partial charge in [-0.15, -0.1) is 0 Å². The Morgan fingerprint density at radius 1 is 1.50 bits per heavy atom. The molecule has 0 aliphatic rings. The highest BCUT2D eigenvalue weighted by Gasteiger charge is 2.07. The molecular weight excluding hydrogens is 206 g/mol. The number of rotatable bonds is 3. The third kappa shape index (κ3) is 2.35. The average Bonchev–Trinajstić information content (AvgIpc) is 2.79. The normalized spacial score (nSPS) is 10.0. The minimum absolute atomic E-state index is 0.267. The van der Waals surface area contributed by atoms with Gasteiger partial charge in [0.05, 0.1) is 6.20 Å². The van der Waals surface area contributed by atoms with E-state index in [0.29, 0.717) is 12.2 Å². The van der Waals surface area contributed by atoms with Crippen molar-refractivity contribution < 1.29 is 4.79 Å². The molecule has 82 valence electrons. The van der Waals surface area contributed by atoms with Crippen molar-refractivity contribution >= 4 is 11.6 Å². The van der Waals surface area contributed by atoms with E-state index in [-0.39, 0.29) is 11.6 Å². The summed E-state index contributed by atoms with van der Waals surface area (Å²) in [5.74, 6) is -0.267. The van der Waals surface area contributed by atoms with Crippen LogP contribution in [-0.2, 0) is 6.54 Å². The van der Waals surface area contributed by atoms with E-state index in [0.717, 1.165) is 5.56 Å². The van der Waals surface area contributed by atoms with Crippen LogP contribution in [-0.4, -0.2) is 21.3 Å². The highest BCUT2D eigenvalue weighted by molar-refractivity contribution is 5.91. The number of H-pyrrole nitrogens is 1. The van der Waals surface area contributed by atoms with Gasteiger partial charge in [0.25, 0.3) is 5.91 Å². The molecule has 6 nitrogen and oxygen atoms in total. The van der Waals surface area contributed by atoms with E-state index in [2.05, 4.69) is 20.7 Å². The Labute approximate surface area is 91.9 Å². The smallest absolute Gasteiger partial charge is 0.273 e. The molecule has 2 aromatic rings. The second kappa shape index (κ2) is 4.43. The lowest BCUT2D eigenvalue weighted by Crippen LogP contribution is -2.23. The van der Waals surface area contributed by atoms with Crippen LogP contribution in [0.15, 0.2) is 30.5 Å². The quantitative estimate of drug-likeness (QED) is 0.645. The zero-order valence-electron chi connectivity index (χ0n) is 8.47. The summed E-state index contributed by atoms with van der Waals surface area (Å²) in [6, 6.07) is 7.33. The van der Waals surface area contributed by atoms with Crippen molar-refractivity contribution in [3.63, 3.8) is 0 Å². The largest absolute Gasteiger partial charge is 0.399 e. The fraction of sp³-hybridized carbons (Fsp3) is 0.100. The molecule has 2 rings (SSSR count). The van der Waals surface area contributed by atoms with E-state index in [1.807, 2.05) is 18.2 Å². The first-order valence-corrected chi connectivity index (χ1v) is 4.74. The molecule has 0 aliphatic heterocycles. The lowest BCUT2D eigenvalue weighted by molar-refractivity contribution is 0.0946. The fourth-order valence-corrected chi connectivity index (χ4v) is 1.29. The van der Waals surface area contributed by atoms with Crippen LogP contribution in [0.25, 0.3) is 0 Å². The van der Waals surface area contributed by atoms with Gasteiger partial charge in [-0.2, -0.15) is 15.4 Å². The molecule has 1 heterocycles. The van der Waals surface area contributed by atoms with Gasteiger partial charge in [0.1, 0.15) is 0 Å². The van der Waals surface area contributed by atoms with Gasteiger partial charge < -0.3 is 11.1 Å². The van der Waals surface area contributed by atoms with E-state index in [4.69, 9.17) is 5.73 Å². The average molecular weight is 217 g/mol. The summed E-state index contributed by atoms with van der Waals surface area (Å²) in [5.41, 5.74) is 7.50. The highest BCUT2D eigenvalue weighted by atomic mass is 16.1. The van der Waals surface area contributed by atoms with Gasteiger partial charge in [0, 0.05) is 12.2 Å². The molecule has 1 aromatic carbocycles. The number of aromatic amines is 1. The van der Waals surface area contributed by atoms with E-state index in [1.54, 1.807) is 6.07 Å². The van der Waals surface area contributed by atoms with Crippen molar-refractivity contribution in [2.75, 3.05) is 5.73 Å². The van der Waals surface area contributed by atoms with E-state index in [1.165, 1.54) is 6.20 Å². The fourth-order valence-electron chi connectivity index (χ4n) is 1.29. The lowest BCUT2D eigenvalue weighted by Gasteiger charge is -2.03. The van der Waals surface area contributed by atoms with E-state index in [9.17, 15) is 4.79 Å². The Balaban J connectivity index is 1.95. The van der Waals surface area contributed by atoms with Crippen LogP contribution in [0.5, 0.6) is 0 Å². The Kier molecular flexibility index (Phi) is 2.81. The minimum Gasteiger partial charge on any atom is -0.399 e. The Morgan fingerprint density at radius 2 is 2.38 bits per heavy atom. The molecule has 0 bridgehead atoms. The first kappa shape index (κ1) is 10.2. The maximum absolute atomic E-state index is 11.5.